The van der Waals surface area contributed by atoms with Crippen LogP contribution >= 0.6 is 11.3 Å². The summed E-state index contributed by atoms with van der Waals surface area (Å²) in [7, 11) is -3.69. The standard InChI is InChI=1S/C29H29N5O5S2/c1-3-23-6-4-5-17-32(23)41(38,39)25-14-10-22(11-15-25)28(35)33(29-31-26-16-7-20(2)18-27(26)40-29)30-19-21-8-12-24(13-9-21)34(36)37/h7-16,18-19,23H,3-6,17H2,1-2H3/b30-19+. The summed E-state index contributed by atoms with van der Waals surface area (Å²) in [5, 5.41) is 16.9. The monoisotopic (exact) mass is 591 g/mol. The predicted octanol–water partition coefficient (Wildman–Crippen LogP) is 6.15. The maximum absolute atomic E-state index is 13.7. The van der Waals surface area contributed by atoms with Crippen molar-refractivity contribution in [2.24, 2.45) is 5.10 Å². The number of carbonyl (C=O) groups is 1. The lowest BCUT2D eigenvalue weighted by Gasteiger charge is -2.34. The normalized spacial score (nSPS) is 16.3. The maximum atomic E-state index is 13.7. The Kier molecular flexibility index (Phi) is 8.25. The number of amides is 1. The number of anilines is 1. The quantitative estimate of drug-likeness (QED) is 0.137. The van der Waals surface area contributed by atoms with E-state index in [2.05, 4.69) is 10.1 Å². The van der Waals surface area contributed by atoms with Gasteiger partial charge in [-0.1, -0.05) is 30.7 Å². The minimum absolute atomic E-state index is 0.0259. The number of hydrogen-bond acceptors (Lipinski definition) is 8. The van der Waals surface area contributed by atoms with Gasteiger partial charge in [-0.15, -0.1) is 0 Å². The molecule has 10 nitrogen and oxygen atoms in total. The topological polar surface area (TPSA) is 126 Å². The molecule has 0 spiro atoms. The van der Waals surface area contributed by atoms with Gasteiger partial charge >= 0.3 is 0 Å². The minimum Gasteiger partial charge on any atom is -0.267 e. The van der Waals surface area contributed by atoms with Crippen molar-refractivity contribution in [1.29, 1.82) is 0 Å². The van der Waals surface area contributed by atoms with E-state index in [0.717, 1.165) is 35.9 Å². The van der Waals surface area contributed by atoms with Gasteiger partial charge in [0.15, 0.2) is 0 Å². The molecule has 1 fully saturated rings. The number of piperidine rings is 1. The number of fused-ring (bicyclic) bond motifs is 1. The molecule has 0 N–H and O–H groups in total. The summed E-state index contributed by atoms with van der Waals surface area (Å²) in [4.78, 5) is 29.0. The molecule has 0 radical (unpaired) electrons. The van der Waals surface area contributed by atoms with Crippen molar-refractivity contribution in [3.63, 3.8) is 0 Å². The molecule has 3 aromatic carbocycles. The number of nitro groups is 1. The van der Waals surface area contributed by atoms with E-state index in [0.29, 0.717) is 22.8 Å². The molecule has 5 rings (SSSR count). The highest BCUT2D eigenvalue weighted by atomic mass is 32.2. The van der Waals surface area contributed by atoms with Crippen molar-refractivity contribution < 1.29 is 18.1 Å². The molecule has 1 amide bonds. The van der Waals surface area contributed by atoms with Crippen molar-refractivity contribution in [1.82, 2.24) is 9.29 Å². The Morgan fingerprint density at radius 2 is 1.88 bits per heavy atom. The number of non-ortho nitro benzene ring substituents is 1. The molecule has 0 bridgehead atoms. The highest BCUT2D eigenvalue weighted by Crippen LogP contribution is 2.32. The van der Waals surface area contributed by atoms with E-state index in [4.69, 9.17) is 0 Å². The molecule has 1 aliphatic heterocycles. The average Bonchev–Trinajstić information content (AvgIpc) is 3.40. The number of carbonyl (C=O) groups excluding carboxylic acids is 1. The molecule has 4 aromatic rings. The Hall–Kier alpha value is -4.00. The molecule has 0 aliphatic carbocycles. The molecule has 2 heterocycles. The van der Waals surface area contributed by atoms with Crippen molar-refractivity contribution in [3.8, 4) is 0 Å². The maximum Gasteiger partial charge on any atom is 0.280 e. The number of aryl methyl sites for hydroxylation is 1. The Morgan fingerprint density at radius 1 is 1.15 bits per heavy atom. The number of rotatable bonds is 8. The van der Waals surface area contributed by atoms with E-state index in [1.165, 1.54) is 71.1 Å². The number of thiazole rings is 1. The highest BCUT2D eigenvalue weighted by Gasteiger charge is 2.32. The van der Waals surface area contributed by atoms with Gasteiger partial charge < -0.3 is 0 Å². The van der Waals surface area contributed by atoms with Gasteiger partial charge in [-0.05, 0) is 85.8 Å². The largest absolute Gasteiger partial charge is 0.280 e. The van der Waals surface area contributed by atoms with Crippen LogP contribution in [0.5, 0.6) is 0 Å². The average molecular weight is 592 g/mol. The smallest absolute Gasteiger partial charge is 0.267 e. The fraction of sp³-hybridized carbons (Fsp3) is 0.276. The van der Waals surface area contributed by atoms with Crippen molar-refractivity contribution in [3.05, 3.63) is 93.5 Å². The third kappa shape index (κ3) is 6.04. The number of sulfonamides is 1. The van der Waals surface area contributed by atoms with Gasteiger partial charge in [0.2, 0.25) is 15.2 Å². The Balaban J connectivity index is 1.47. The van der Waals surface area contributed by atoms with E-state index in [-0.39, 0.29) is 22.2 Å². The van der Waals surface area contributed by atoms with Crippen LogP contribution in [0.4, 0.5) is 10.8 Å². The van der Waals surface area contributed by atoms with Crippen LogP contribution in [0.25, 0.3) is 10.2 Å². The molecular formula is C29H29N5O5S2. The molecule has 1 unspecified atom stereocenters. The second kappa shape index (κ2) is 11.9. The first-order valence-corrected chi connectivity index (χ1v) is 15.5. The van der Waals surface area contributed by atoms with Crippen LogP contribution in [0.1, 0.15) is 54.1 Å². The summed E-state index contributed by atoms with van der Waals surface area (Å²) in [6, 6.07) is 17.5. The molecule has 1 saturated heterocycles. The number of hydrogen-bond donors (Lipinski definition) is 0. The van der Waals surface area contributed by atoms with Crippen LogP contribution in [0.3, 0.4) is 0 Å². The summed E-state index contributed by atoms with van der Waals surface area (Å²) in [5.41, 5.74) is 2.51. The number of nitrogens with zero attached hydrogens (tertiary/aromatic N) is 5. The fourth-order valence-electron chi connectivity index (χ4n) is 4.83. The molecule has 1 aromatic heterocycles. The van der Waals surface area contributed by atoms with E-state index in [9.17, 15) is 23.3 Å². The zero-order valence-corrected chi connectivity index (χ0v) is 24.3. The molecular weight excluding hydrogens is 562 g/mol. The number of benzene rings is 3. The first kappa shape index (κ1) is 28.5. The van der Waals surface area contributed by atoms with Crippen molar-refractivity contribution >= 4 is 54.5 Å². The first-order chi connectivity index (χ1) is 19.7. The van der Waals surface area contributed by atoms with E-state index in [1.54, 1.807) is 4.31 Å². The second-order valence-electron chi connectivity index (χ2n) is 9.88. The number of nitro benzene ring substituents is 1. The number of hydrazone groups is 1. The van der Waals surface area contributed by atoms with Gasteiger partial charge in [-0.25, -0.2) is 13.4 Å². The van der Waals surface area contributed by atoms with Gasteiger partial charge in [0.25, 0.3) is 11.6 Å². The molecule has 41 heavy (non-hydrogen) atoms. The molecule has 12 heteroatoms. The Labute approximate surface area is 242 Å². The minimum atomic E-state index is -3.69. The third-order valence-electron chi connectivity index (χ3n) is 7.08. The van der Waals surface area contributed by atoms with Crippen LogP contribution in [-0.2, 0) is 10.0 Å². The van der Waals surface area contributed by atoms with Crippen LogP contribution in [0.15, 0.2) is 76.7 Å². The Morgan fingerprint density at radius 3 is 2.56 bits per heavy atom. The third-order valence-corrected chi connectivity index (χ3v) is 10.0. The van der Waals surface area contributed by atoms with Crippen LogP contribution in [-0.4, -0.2) is 47.3 Å². The summed E-state index contributed by atoms with van der Waals surface area (Å²) in [6.07, 6.45) is 4.86. The zero-order valence-electron chi connectivity index (χ0n) is 22.6. The van der Waals surface area contributed by atoms with Gasteiger partial charge in [0, 0.05) is 30.3 Å². The van der Waals surface area contributed by atoms with E-state index in [1.807, 2.05) is 32.0 Å². The van der Waals surface area contributed by atoms with Crippen LogP contribution in [0.2, 0.25) is 0 Å². The molecule has 1 atom stereocenters. The molecule has 0 saturated carbocycles. The zero-order chi connectivity index (χ0) is 29.1. The highest BCUT2D eigenvalue weighted by molar-refractivity contribution is 7.89. The lowest BCUT2D eigenvalue weighted by molar-refractivity contribution is -0.384. The van der Waals surface area contributed by atoms with Crippen molar-refractivity contribution in [2.75, 3.05) is 11.6 Å². The van der Waals surface area contributed by atoms with E-state index < -0.39 is 20.9 Å². The second-order valence-corrected chi connectivity index (χ2v) is 12.8. The summed E-state index contributed by atoms with van der Waals surface area (Å²) >= 11 is 1.30. The lowest BCUT2D eigenvalue weighted by Crippen LogP contribution is -2.43. The summed E-state index contributed by atoms with van der Waals surface area (Å²) in [6.45, 7) is 4.45. The van der Waals surface area contributed by atoms with Gasteiger partial charge in [0.1, 0.15) is 0 Å². The summed E-state index contributed by atoms with van der Waals surface area (Å²) in [5.74, 6) is -0.493. The van der Waals surface area contributed by atoms with Crippen molar-refractivity contribution in [2.45, 2.75) is 50.5 Å². The molecule has 212 valence electrons. The summed E-state index contributed by atoms with van der Waals surface area (Å²) < 4.78 is 29.3. The SMILES string of the molecule is CCC1CCCCN1S(=O)(=O)c1ccc(C(=O)N(/N=C/c2ccc([N+](=O)[O-])cc2)c2nc3ccc(C)cc3s2)cc1. The van der Waals surface area contributed by atoms with Crippen LogP contribution < -0.4 is 5.01 Å². The van der Waals surface area contributed by atoms with Crippen LogP contribution in [0, 0.1) is 17.0 Å². The van der Waals surface area contributed by atoms with Gasteiger partial charge in [0.05, 0.1) is 26.3 Å². The molecule has 1 aliphatic rings. The first-order valence-electron chi connectivity index (χ1n) is 13.3. The van der Waals surface area contributed by atoms with Gasteiger partial charge in [-0.2, -0.15) is 14.4 Å². The predicted molar refractivity (Wildman–Crippen MR) is 160 cm³/mol. The number of aromatic nitrogens is 1. The fourth-order valence-corrected chi connectivity index (χ4v) is 7.62. The lowest BCUT2D eigenvalue weighted by atomic mass is 10.0. The van der Waals surface area contributed by atoms with E-state index >= 15 is 0 Å². The van der Waals surface area contributed by atoms with Gasteiger partial charge in [-0.3, -0.25) is 14.9 Å². The Bertz CT molecular complexity index is 1720.